The van der Waals surface area contributed by atoms with Crippen molar-refractivity contribution >= 4 is 35.0 Å². The Morgan fingerprint density at radius 3 is 1.15 bits per heavy atom. The summed E-state index contributed by atoms with van der Waals surface area (Å²) in [6.07, 6.45) is 0. The molecule has 8 rings (SSSR count). The Kier molecular flexibility index (Phi) is 8.03. The van der Waals surface area contributed by atoms with Crippen molar-refractivity contribution in [3.63, 3.8) is 0 Å². The summed E-state index contributed by atoms with van der Waals surface area (Å²) in [4.78, 5) is 55.1. The van der Waals surface area contributed by atoms with E-state index in [0.717, 1.165) is 22.3 Å². The Bertz CT molecular complexity index is 2310. The smallest absolute Gasteiger partial charge is 0.266 e. The van der Waals surface area contributed by atoms with E-state index in [4.69, 9.17) is 9.47 Å². The van der Waals surface area contributed by atoms with Crippen LogP contribution in [0.5, 0.6) is 23.0 Å². The topological polar surface area (TPSA) is 93.2 Å². The molecular weight excluding hydrogens is 665 g/mol. The fourth-order valence-electron chi connectivity index (χ4n) is 6.89. The zero-order valence-electron chi connectivity index (χ0n) is 29.5. The first-order chi connectivity index (χ1) is 25.5. The molecule has 4 amide bonds. The number of amides is 4. The standard InChI is InChI=1S/C45H34N2O6/c1-27-7-5-9-31(23-27)46-41(48)37-21-19-35(25-39(37)43(46)50)52-33-15-11-29(12-16-33)45(3,4)30-13-17-34(18-14-30)53-36-20-22-38-40(26-36)44(51)47(42(38)49)32-10-6-8-28(2)24-32/h5-26H,1-4H3. The predicted octanol–water partition coefficient (Wildman–Crippen LogP) is 9.82. The highest BCUT2D eigenvalue weighted by Crippen LogP contribution is 2.37. The summed E-state index contributed by atoms with van der Waals surface area (Å²) < 4.78 is 12.3. The molecule has 8 heteroatoms. The molecule has 0 N–H and O–H groups in total. The SMILES string of the molecule is Cc1cccc(N2C(=O)c3ccc(Oc4ccc(C(C)(C)c5ccc(Oc6ccc7c(c6)C(=O)N(c6cccc(C)c6)C7=O)cc5)cc4)cc3C2=O)c1. The minimum absolute atomic E-state index is 0.309. The fraction of sp³-hybridized carbons (Fsp3) is 0.111. The van der Waals surface area contributed by atoms with Crippen molar-refractivity contribution in [2.24, 2.45) is 0 Å². The lowest BCUT2D eigenvalue weighted by molar-refractivity contribution is 0.0910. The van der Waals surface area contributed by atoms with Crippen LogP contribution < -0.4 is 19.3 Å². The van der Waals surface area contributed by atoms with Gasteiger partial charge in [-0.1, -0.05) is 62.4 Å². The predicted molar refractivity (Wildman–Crippen MR) is 203 cm³/mol. The molecule has 0 unspecified atom stereocenters. The quantitative estimate of drug-likeness (QED) is 0.147. The van der Waals surface area contributed by atoms with Gasteiger partial charge >= 0.3 is 0 Å². The summed E-state index contributed by atoms with van der Waals surface area (Å²) in [5, 5.41) is 0. The average molecular weight is 699 g/mol. The number of nitrogens with zero attached hydrogens (tertiary/aromatic N) is 2. The van der Waals surface area contributed by atoms with Gasteiger partial charge in [0, 0.05) is 5.41 Å². The van der Waals surface area contributed by atoms with Gasteiger partial charge in [0.1, 0.15) is 23.0 Å². The summed E-state index contributed by atoms with van der Waals surface area (Å²) in [5.74, 6) is 0.655. The van der Waals surface area contributed by atoms with Crippen LogP contribution in [-0.4, -0.2) is 23.6 Å². The number of carbonyl (C=O) groups is 4. The van der Waals surface area contributed by atoms with E-state index >= 15 is 0 Å². The van der Waals surface area contributed by atoms with Gasteiger partial charge < -0.3 is 9.47 Å². The van der Waals surface area contributed by atoms with E-state index in [-0.39, 0.29) is 29.0 Å². The van der Waals surface area contributed by atoms with Crippen molar-refractivity contribution < 1.29 is 28.7 Å². The molecule has 53 heavy (non-hydrogen) atoms. The van der Waals surface area contributed by atoms with E-state index in [0.29, 0.717) is 56.6 Å². The van der Waals surface area contributed by atoms with Crippen LogP contribution in [0.25, 0.3) is 0 Å². The average Bonchev–Trinajstić information content (AvgIpc) is 3.55. The van der Waals surface area contributed by atoms with Crippen molar-refractivity contribution in [1.82, 2.24) is 0 Å². The van der Waals surface area contributed by atoms with Crippen LogP contribution in [-0.2, 0) is 5.41 Å². The van der Waals surface area contributed by atoms with Crippen LogP contribution in [0, 0.1) is 13.8 Å². The van der Waals surface area contributed by atoms with Gasteiger partial charge in [-0.15, -0.1) is 0 Å². The van der Waals surface area contributed by atoms with Crippen molar-refractivity contribution in [3.05, 3.63) is 178 Å². The Labute approximate surface area is 306 Å². The van der Waals surface area contributed by atoms with E-state index in [1.54, 1.807) is 48.5 Å². The number of ether oxygens (including phenoxy) is 2. The van der Waals surface area contributed by atoms with Crippen LogP contribution in [0.15, 0.2) is 133 Å². The zero-order valence-corrected chi connectivity index (χ0v) is 29.5. The van der Waals surface area contributed by atoms with E-state index < -0.39 is 0 Å². The second kappa shape index (κ2) is 12.8. The Morgan fingerprint density at radius 1 is 0.415 bits per heavy atom. The molecule has 2 aliphatic rings. The monoisotopic (exact) mass is 698 g/mol. The minimum Gasteiger partial charge on any atom is -0.457 e. The molecule has 0 saturated carbocycles. The molecule has 0 atom stereocenters. The lowest BCUT2D eigenvalue weighted by Gasteiger charge is -2.26. The maximum atomic E-state index is 13.3. The van der Waals surface area contributed by atoms with Crippen molar-refractivity contribution in [3.8, 4) is 23.0 Å². The largest absolute Gasteiger partial charge is 0.457 e. The summed E-state index contributed by atoms with van der Waals surface area (Å²) in [6.45, 7) is 8.09. The van der Waals surface area contributed by atoms with Crippen LogP contribution >= 0.6 is 0 Å². The van der Waals surface area contributed by atoms with Crippen LogP contribution in [0.2, 0.25) is 0 Å². The summed E-state index contributed by atoms with van der Waals surface area (Å²) in [7, 11) is 0. The Morgan fingerprint density at radius 2 is 0.774 bits per heavy atom. The molecule has 2 aliphatic heterocycles. The number of hydrogen-bond donors (Lipinski definition) is 0. The number of fused-ring (bicyclic) bond motifs is 2. The third-order valence-corrected chi connectivity index (χ3v) is 9.86. The van der Waals surface area contributed by atoms with E-state index in [2.05, 4.69) is 13.8 Å². The van der Waals surface area contributed by atoms with Crippen LogP contribution in [0.4, 0.5) is 11.4 Å². The number of aryl methyl sites for hydroxylation is 2. The molecule has 6 aromatic rings. The third kappa shape index (κ3) is 5.94. The van der Waals surface area contributed by atoms with Crippen molar-refractivity contribution in [1.29, 1.82) is 0 Å². The maximum Gasteiger partial charge on any atom is 0.266 e. The van der Waals surface area contributed by atoms with Gasteiger partial charge in [-0.05, 0) is 121 Å². The van der Waals surface area contributed by atoms with E-state index in [1.165, 1.54) is 9.80 Å². The van der Waals surface area contributed by atoms with Gasteiger partial charge in [0.2, 0.25) is 0 Å². The second-order valence-electron chi connectivity index (χ2n) is 13.9. The molecule has 0 saturated heterocycles. The van der Waals surface area contributed by atoms with Crippen LogP contribution in [0.1, 0.15) is 77.5 Å². The molecule has 0 bridgehead atoms. The van der Waals surface area contributed by atoms with E-state index in [9.17, 15) is 19.2 Å². The molecule has 8 nitrogen and oxygen atoms in total. The molecule has 260 valence electrons. The van der Waals surface area contributed by atoms with Gasteiger partial charge in [-0.2, -0.15) is 0 Å². The number of carbonyl (C=O) groups excluding carboxylic acids is 4. The molecule has 0 aliphatic carbocycles. The highest BCUT2D eigenvalue weighted by Gasteiger charge is 2.38. The summed E-state index contributed by atoms with van der Waals surface area (Å²) in [6, 6.07) is 40.1. The molecule has 6 aromatic carbocycles. The Balaban J connectivity index is 0.939. The summed E-state index contributed by atoms with van der Waals surface area (Å²) in [5.41, 5.74) is 6.06. The molecule has 0 aromatic heterocycles. The molecule has 2 heterocycles. The fourth-order valence-corrected chi connectivity index (χ4v) is 6.89. The number of hydrogen-bond acceptors (Lipinski definition) is 6. The first kappa shape index (κ1) is 33.3. The number of imide groups is 2. The Hall–Kier alpha value is -6.80. The lowest BCUT2D eigenvalue weighted by atomic mass is 9.78. The minimum atomic E-state index is -0.376. The molecule has 0 spiro atoms. The second-order valence-corrected chi connectivity index (χ2v) is 13.9. The highest BCUT2D eigenvalue weighted by molar-refractivity contribution is 6.35. The lowest BCUT2D eigenvalue weighted by Crippen LogP contribution is -2.29. The molecule has 0 fully saturated rings. The highest BCUT2D eigenvalue weighted by atomic mass is 16.5. The van der Waals surface area contributed by atoms with E-state index in [1.807, 2.05) is 98.8 Å². The number of anilines is 2. The normalized spacial score (nSPS) is 13.7. The van der Waals surface area contributed by atoms with Gasteiger partial charge in [0.05, 0.1) is 33.6 Å². The summed E-state index contributed by atoms with van der Waals surface area (Å²) >= 11 is 0. The molecule has 0 radical (unpaired) electrons. The molecular formula is C45H34N2O6. The number of rotatable bonds is 8. The first-order valence-electron chi connectivity index (χ1n) is 17.2. The van der Waals surface area contributed by atoms with Gasteiger partial charge in [-0.3, -0.25) is 19.2 Å². The third-order valence-electron chi connectivity index (χ3n) is 9.86. The van der Waals surface area contributed by atoms with Crippen molar-refractivity contribution in [2.75, 3.05) is 9.80 Å². The van der Waals surface area contributed by atoms with Gasteiger partial charge in [0.15, 0.2) is 0 Å². The first-order valence-corrected chi connectivity index (χ1v) is 17.2. The maximum absolute atomic E-state index is 13.3. The zero-order chi connectivity index (χ0) is 37.0. The van der Waals surface area contributed by atoms with Crippen LogP contribution in [0.3, 0.4) is 0 Å². The van der Waals surface area contributed by atoms with Gasteiger partial charge in [-0.25, -0.2) is 9.80 Å². The van der Waals surface area contributed by atoms with Gasteiger partial charge in [0.25, 0.3) is 23.6 Å². The number of benzene rings is 6. The van der Waals surface area contributed by atoms with Crippen molar-refractivity contribution in [2.45, 2.75) is 33.1 Å².